The first-order chi connectivity index (χ1) is 8.15. The van der Waals surface area contributed by atoms with Crippen LogP contribution >= 0.6 is 0 Å². The highest BCUT2D eigenvalue weighted by molar-refractivity contribution is 5.37. The zero-order valence-electron chi connectivity index (χ0n) is 8.56. The molecule has 0 atom stereocenters. The van der Waals surface area contributed by atoms with Gasteiger partial charge in [0.1, 0.15) is 18.1 Å². The fraction of sp³-hybridized carbons (Fsp3) is 0.100. The maximum Gasteiger partial charge on any atom is 0.252 e. The van der Waals surface area contributed by atoms with E-state index in [1.54, 1.807) is 6.07 Å². The number of halogens is 2. The smallest absolute Gasteiger partial charge is 0.252 e. The summed E-state index contributed by atoms with van der Waals surface area (Å²) in [7, 11) is 0. The Kier molecular flexibility index (Phi) is 2.80. The summed E-state index contributed by atoms with van der Waals surface area (Å²) < 4.78 is 28.1. The van der Waals surface area contributed by atoms with E-state index in [4.69, 9.17) is 11.0 Å². The maximum atomic E-state index is 13.6. The third-order valence-corrected chi connectivity index (χ3v) is 2.13. The van der Waals surface area contributed by atoms with E-state index in [9.17, 15) is 8.78 Å². The van der Waals surface area contributed by atoms with Gasteiger partial charge in [-0.2, -0.15) is 5.26 Å². The van der Waals surface area contributed by atoms with Crippen LogP contribution in [-0.4, -0.2) is 14.8 Å². The molecule has 1 aromatic carbocycles. The lowest BCUT2D eigenvalue weighted by atomic mass is 10.2. The van der Waals surface area contributed by atoms with Gasteiger partial charge in [-0.3, -0.25) is 0 Å². The van der Waals surface area contributed by atoms with Crippen molar-refractivity contribution in [1.82, 2.24) is 14.8 Å². The Hall–Kier alpha value is -2.33. The fourth-order valence-corrected chi connectivity index (χ4v) is 1.38. The molecule has 1 aromatic heterocycles. The Balaban J connectivity index is 2.56. The van der Waals surface area contributed by atoms with Gasteiger partial charge < -0.3 is 5.73 Å². The van der Waals surface area contributed by atoms with E-state index in [0.29, 0.717) is 5.56 Å². The third-order valence-electron chi connectivity index (χ3n) is 2.13. The zero-order chi connectivity index (χ0) is 12.4. The highest BCUT2D eigenvalue weighted by Crippen LogP contribution is 2.18. The molecule has 0 unspecified atom stereocenters. The highest BCUT2D eigenvalue weighted by atomic mass is 19.1. The van der Waals surface area contributed by atoms with E-state index in [-0.39, 0.29) is 18.1 Å². The van der Waals surface area contributed by atoms with Gasteiger partial charge in [-0.25, -0.2) is 18.4 Å². The second-order valence-electron chi connectivity index (χ2n) is 3.24. The lowest BCUT2D eigenvalue weighted by Crippen LogP contribution is -2.06. The van der Waals surface area contributed by atoms with E-state index >= 15 is 0 Å². The normalized spacial score (nSPS) is 10.2. The molecule has 1 heterocycles. The van der Waals surface area contributed by atoms with Crippen molar-refractivity contribution in [3.05, 3.63) is 41.5 Å². The molecule has 17 heavy (non-hydrogen) atoms. The van der Waals surface area contributed by atoms with E-state index in [1.807, 2.05) is 0 Å². The van der Waals surface area contributed by atoms with E-state index in [2.05, 4.69) is 10.1 Å². The summed E-state index contributed by atoms with van der Waals surface area (Å²) in [6.07, 6.45) is 1.07. The molecule has 0 aliphatic rings. The first kappa shape index (κ1) is 11.2. The van der Waals surface area contributed by atoms with Crippen LogP contribution in [0.1, 0.15) is 11.4 Å². The Morgan fingerprint density at radius 3 is 2.47 bits per heavy atom. The average Bonchev–Trinajstić information content (AvgIpc) is 2.76. The van der Waals surface area contributed by atoms with Gasteiger partial charge in [-0.1, -0.05) is 0 Å². The van der Waals surface area contributed by atoms with Crippen LogP contribution in [0.25, 0.3) is 5.69 Å². The molecule has 0 spiro atoms. The van der Waals surface area contributed by atoms with Crippen LogP contribution in [0.15, 0.2) is 18.5 Å². The Labute approximate surface area is 95.1 Å². The number of rotatable bonds is 2. The van der Waals surface area contributed by atoms with Gasteiger partial charge in [0, 0.05) is 6.54 Å². The summed E-state index contributed by atoms with van der Waals surface area (Å²) in [5, 5.41) is 12.1. The molecule has 2 rings (SSSR count). The molecule has 0 fully saturated rings. The molecule has 0 saturated heterocycles. The average molecular weight is 235 g/mol. The first-order valence-electron chi connectivity index (χ1n) is 4.66. The predicted molar refractivity (Wildman–Crippen MR) is 53.9 cm³/mol. The van der Waals surface area contributed by atoms with Crippen LogP contribution in [0.4, 0.5) is 8.78 Å². The topological polar surface area (TPSA) is 80.5 Å². The molecular formula is C10H7F2N5. The van der Waals surface area contributed by atoms with Crippen LogP contribution in [-0.2, 0) is 6.54 Å². The van der Waals surface area contributed by atoms with Crippen molar-refractivity contribution in [3.8, 4) is 11.8 Å². The second-order valence-corrected chi connectivity index (χ2v) is 3.24. The van der Waals surface area contributed by atoms with Crippen molar-refractivity contribution in [2.75, 3.05) is 0 Å². The molecule has 0 bridgehead atoms. The standard InChI is InChI=1S/C10H7F2N5/c11-7-1-6(3-13)2-8(12)10(7)17-5-15-9(4-14)16-17/h1-2,5H,3,13H2. The molecule has 86 valence electrons. The highest BCUT2D eigenvalue weighted by Gasteiger charge is 2.14. The van der Waals surface area contributed by atoms with Crippen molar-refractivity contribution < 1.29 is 8.78 Å². The molecular weight excluding hydrogens is 228 g/mol. The monoisotopic (exact) mass is 235 g/mol. The second kappa shape index (κ2) is 4.27. The molecule has 0 aliphatic heterocycles. The van der Waals surface area contributed by atoms with Crippen molar-refractivity contribution in [3.63, 3.8) is 0 Å². The van der Waals surface area contributed by atoms with Gasteiger partial charge in [0.25, 0.3) is 5.82 Å². The summed E-state index contributed by atoms with van der Waals surface area (Å²) in [5.74, 6) is -1.77. The van der Waals surface area contributed by atoms with Crippen LogP contribution in [0.2, 0.25) is 0 Å². The van der Waals surface area contributed by atoms with Crippen LogP contribution in [0.3, 0.4) is 0 Å². The molecule has 0 amide bonds. The van der Waals surface area contributed by atoms with E-state index < -0.39 is 11.6 Å². The minimum atomic E-state index is -0.806. The van der Waals surface area contributed by atoms with Crippen LogP contribution in [0.5, 0.6) is 0 Å². The molecule has 0 saturated carbocycles. The molecule has 0 aliphatic carbocycles. The fourth-order valence-electron chi connectivity index (χ4n) is 1.38. The number of aromatic nitrogens is 3. The Morgan fingerprint density at radius 2 is 2.00 bits per heavy atom. The number of nitrogens with two attached hydrogens (primary N) is 1. The SMILES string of the molecule is N#Cc1ncn(-c2c(F)cc(CN)cc2F)n1. The van der Waals surface area contributed by atoms with Crippen LogP contribution in [0, 0.1) is 23.0 Å². The zero-order valence-corrected chi connectivity index (χ0v) is 8.56. The van der Waals surface area contributed by atoms with Gasteiger partial charge in [0.2, 0.25) is 0 Å². The predicted octanol–water partition coefficient (Wildman–Crippen LogP) is 0.876. The van der Waals surface area contributed by atoms with E-state index in [0.717, 1.165) is 23.1 Å². The summed E-state index contributed by atoms with van der Waals surface area (Å²) in [6, 6.07) is 3.91. The number of hydrogen-bond donors (Lipinski definition) is 1. The Bertz CT molecular complexity index is 576. The van der Waals surface area contributed by atoms with Crippen molar-refractivity contribution in [1.29, 1.82) is 5.26 Å². The minimum Gasteiger partial charge on any atom is -0.326 e. The summed E-state index contributed by atoms with van der Waals surface area (Å²) in [6.45, 7) is 0.0366. The largest absolute Gasteiger partial charge is 0.326 e. The number of nitrogens with zero attached hydrogens (tertiary/aromatic N) is 4. The van der Waals surface area contributed by atoms with Gasteiger partial charge in [-0.05, 0) is 17.7 Å². The Morgan fingerprint density at radius 1 is 1.35 bits per heavy atom. The molecule has 5 nitrogen and oxygen atoms in total. The van der Waals surface area contributed by atoms with Crippen molar-refractivity contribution in [2.45, 2.75) is 6.54 Å². The van der Waals surface area contributed by atoms with Gasteiger partial charge in [0.05, 0.1) is 0 Å². The van der Waals surface area contributed by atoms with Gasteiger partial charge >= 0.3 is 0 Å². The van der Waals surface area contributed by atoms with Gasteiger partial charge in [0.15, 0.2) is 11.6 Å². The molecule has 2 aromatic rings. The summed E-state index contributed by atoms with van der Waals surface area (Å²) in [4.78, 5) is 3.57. The number of nitriles is 1. The molecule has 2 N–H and O–H groups in total. The molecule has 0 radical (unpaired) electrons. The van der Waals surface area contributed by atoms with Crippen LogP contribution < -0.4 is 5.73 Å². The molecule has 7 heteroatoms. The maximum absolute atomic E-state index is 13.6. The summed E-state index contributed by atoms with van der Waals surface area (Å²) in [5.41, 5.74) is 5.25. The van der Waals surface area contributed by atoms with Crippen molar-refractivity contribution in [2.24, 2.45) is 5.73 Å². The van der Waals surface area contributed by atoms with E-state index in [1.165, 1.54) is 0 Å². The van der Waals surface area contributed by atoms with Gasteiger partial charge in [-0.15, -0.1) is 5.10 Å². The quantitative estimate of drug-likeness (QED) is 0.837. The lowest BCUT2D eigenvalue weighted by Gasteiger charge is -2.06. The third kappa shape index (κ3) is 1.98. The lowest BCUT2D eigenvalue weighted by molar-refractivity contribution is 0.556. The first-order valence-corrected chi connectivity index (χ1v) is 4.66. The number of hydrogen-bond acceptors (Lipinski definition) is 4. The number of benzene rings is 1. The minimum absolute atomic E-state index is 0.0366. The van der Waals surface area contributed by atoms with Crippen molar-refractivity contribution >= 4 is 0 Å². The summed E-state index contributed by atoms with van der Waals surface area (Å²) >= 11 is 0.